The number of nitrogens with zero attached hydrogens (tertiary/aromatic N) is 2. The summed E-state index contributed by atoms with van der Waals surface area (Å²) < 4.78 is 10.1. The summed E-state index contributed by atoms with van der Waals surface area (Å²) in [6.07, 6.45) is 7.77. The van der Waals surface area contributed by atoms with Gasteiger partial charge in [0.15, 0.2) is 12.3 Å². The lowest BCUT2D eigenvalue weighted by Gasteiger charge is -2.12. The number of carbonyl (C=O) groups excluding carboxylic acids is 3. The van der Waals surface area contributed by atoms with E-state index in [-0.39, 0.29) is 12.3 Å². The third-order valence-corrected chi connectivity index (χ3v) is 5.22. The zero-order valence-corrected chi connectivity index (χ0v) is 15.6. The van der Waals surface area contributed by atoms with Crippen LogP contribution in [0.5, 0.6) is 0 Å². The first-order valence-electron chi connectivity index (χ1n) is 8.64. The van der Waals surface area contributed by atoms with Crippen molar-refractivity contribution in [1.29, 1.82) is 0 Å². The molecule has 9 heteroatoms. The first-order chi connectivity index (χ1) is 13.1. The van der Waals surface area contributed by atoms with Gasteiger partial charge in [-0.05, 0) is 38.2 Å². The van der Waals surface area contributed by atoms with Crippen molar-refractivity contribution < 1.29 is 23.9 Å². The second-order valence-corrected chi connectivity index (χ2v) is 6.96. The van der Waals surface area contributed by atoms with E-state index in [1.165, 1.54) is 29.9 Å². The van der Waals surface area contributed by atoms with E-state index in [0.717, 1.165) is 36.1 Å². The Morgan fingerprint density at radius 1 is 1.15 bits per heavy atom. The van der Waals surface area contributed by atoms with Crippen LogP contribution in [0.2, 0.25) is 0 Å². The number of hydrogen-bond donors (Lipinski definition) is 1. The van der Waals surface area contributed by atoms with Gasteiger partial charge >= 0.3 is 11.9 Å². The predicted octanol–water partition coefficient (Wildman–Crippen LogP) is 2.39. The largest absolute Gasteiger partial charge is 0.462 e. The molecule has 0 unspecified atom stereocenters. The topological polar surface area (TPSA) is 107 Å². The summed E-state index contributed by atoms with van der Waals surface area (Å²) in [5.41, 5.74) is 1.39. The van der Waals surface area contributed by atoms with Gasteiger partial charge in [0.05, 0.1) is 18.4 Å². The summed E-state index contributed by atoms with van der Waals surface area (Å²) in [5.74, 6) is -1.71. The van der Waals surface area contributed by atoms with Crippen molar-refractivity contribution in [1.82, 2.24) is 9.97 Å². The predicted molar refractivity (Wildman–Crippen MR) is 97.9 cm³/mol. The Balaban J connectivity index is 1.69. The minimum absolute atomic E-state index is 0.0177. The summed E-state index contributed by atoms with van der Waals surface area (Å²) >= 11 is 1.38. The second-order valence-electron chi connectivity index (χ2n) is 5.85. The molecule has 0 radical (unpaired) electrons. The fraction of sp³-hybridized carbons (Fsp3) is 0.389. The molecule has 2 aromatic heterocycles. The van der Waals surface area contributed by atoms with Crippen molar-refractivity contribution in [2.75, 3.05) is 18.5 Å². The summed E-state index contributed by atoms with van der Waals surface area (Å²) in [7, 11) is 0. The zero-order valence-electron chi connectivity index (χ0n) is 14.8. The maximum absolute atomic E-state index is 12.4. The van der Waals surface area contributed by atoms with Crippen molar-refractivity contribution in [2.45, 2.75) is 32.6 Å². The molecule has 1 N–H and O–H groups in total. The van der Waals surface area contributed by atoms with Crippen LogP contribution in [0.3, 0.4) is 0 Å². The average molecular weight is 389 g/mol. The van der Waals surface area contributed by atoms with E-state index < -0.39 is 24.5 Å². The van der Waals surface area contributed by atoms with Crippen LogP contribution in [-0.4, -0.2) is 41.0 Å². The number of ether oxygens (including phenoxy) is 2. The van der Waals surface area contributed by atoms with Gasteiger partial charge in [-0.2, -0.15) is 0 Å². The molecule has 2 heterocycles. The van der Waals surface area contributed by atoms with Crippen LogP contribution in [0.1, 0.15) is 51.1 Å². The van der Waals surface area contributed by atoms with Crippen LogP contribution in [0, 0.1) is 0 Å². The second kappa shape index (κ2) is 8.72. The van der Waals surface area contributed by atoms with E-state index in [1.54, 1.807) is 6.92 Å². The third-order valence-electron chi connectivity index (χ3n) is 4.01. The molecule has 0 aliphatic heterocycles. The molecule has 0 saturated carbocycles. The van der Waals surface area contributed by atoms with Gasteiger partial charge in [0, 0.05) is 17.3 Å². The number of hydrogen-bond acceptors (Lipinski definition) is 8. The SMILES string of the molecule is CCOC(=O)c1c(NC(=O)COC(=O)c2cnccn2)sc2c1CCCC2. The van der Waals surface area contributed by atoms with Gasteiger partial charge in [-0.25, -0.2) is 14.6 Å². The number of aromatic nitrogens is 2. The molecule has 0 saturated heterocycles. The van der Waals surface area contributed by atoms with E-state index in [9.17, 15) is 14.4 Å². The first kappa shape index (κ1) is 19.0. The average Bonchev–Trinajstić information content (AvgIpc) is 3.04. The van der Waals surface area contributed by atoms with E-state index in [2.05, 4.69) is 15.3 Å². The van der Waals surface area contributed by atoms with Crippen LogP contribution in [-0.2, 0) is 27.1 Å². The van der Waals surface area contributed by atoms with Crippen molar-refractivity contribution in [3.8, 4) is 0 Å². The van der Waals surface area contributed by atoms with Gasteiger partial charge in [0.1, 0.15) is 5.00 Å². The lowest BCUT2D eigenvalue weighted by Crippen LogP contribution is -2.22. The molecule has 8 nitrogen and oxygen atoms in total. The minimum Gasteiger partial charge on any atom is -0.462 e. The van der Waals surface area contributed by atoms with Crippen LogP contribution in [0.4, 0.5) is 5.00 Å². The highest BCUT2D eigenvalue weighted by molar-refractivity contribution is 7.17. The maximum atomic E-state index is 12.4. The Hall–Kier alpha value is -2.81. The van der Waals surface area contributed by atoms with Gasteiger partial charge in [-0.15, -0.1) is 11.3 Å². The number of carbonyl (C=O) groups is 3. The maximum Gasteiger partial charge on any atom is 0.359 e. The fourth-order valence-electron chi connectivity index (χ4n) is 2.85. The number of aryl methyl sites for hydroxylation is 1. The molecule has 1 amide bonds. The van der Waals surface area contributed by atoms with Gasteiger partial charge in [-0.3, -0.25) is 9.78 Å². The Morgan fingerprint density at radius 3 is 2.70 bits per heavy atom. The van der Waals surface area contributed by atoms with Crippen molar-refractivity contribution in [3.05, 3.63) is 40.3 Å². The number of rotatable bonds is 6. The van der Waals surface area contributed by atoms with Crippen molar-refractivity contribution in [3.63, 3.8) is 0 Å². The quantitative estimate of drug-likeness (QED) is 0.756. The van der Waals surface area contributed by atoms with E-state index in [1.807, 2.05) is 0 Å². The fourth-order valence-corrected chi connectivity index (χ4v) is 4.14. The van der Waals surface area contributed by atoms with E-state index in [0.29, 0.717) is 10.6 Å². The van der Waals surface area contributed by atoms with Crippen LogP contribution in [0.15, 0.2) is 18.6 Å². The Labute approximate surface area is 159 Å². The summed E-state index contributed by atoms with van der Waals surface area (Å²) in [6, 6.07) is 0. The molecular weight excluding hydrogens is 370 g/mol. The Bertz CT molecular complexity index is 850. The molecular formula is C18H19N3O5S. The van der Waals surface area contributed by atoms with Gasteiger partial charge in [0.2, 0.25) is 0 Å². The van der Waals surface area contributed by atoms with Crippen LogP contribution in [0.25, 0.3) is 0 Å². The highest BCUT2D eigenvalue weighted by Gasteiger charge is 2.27. The first-order valence-corrected chi connectivity index (χ1v) is 9.46. The zero-order chi connectivity index (χ0) is 19.2. The van der Waals surface area contributed by atoms with Gasteiger partial charge in [-0.1, -0.05) is 0 Å². The smallest absolute Gasteiger partial charge is 0.359 e. The van der Waals surface area contributed by atoms with E-state index in [4.69, 9.17) is 9.47 Å². The Morgan fingerprint density at radius 2 is 1.96 bits per heavy atom. The monoisotopic (exact) mass is 389 g/mol. The normalized spacial score (nSPS) is 12.8. The number of fused-ring (bicyclic) bond motifs is 1. The summed E-state index contributed by atoms with van der Waals surface area (Å²) in [5, 5.41) is 3.12. The number of thiophene rings is 1. The lowest BCUT2D eigenvalue weighted by atomic mass is 9.95. The molecule has 0 fully saturated rings. The molecule has 0 spiro atoms. The standard InChI is InChI=1S/C18H19N3O5S/c1-2-25-18(24)15-11-5-3-4-6-13(11)27-16(15)21-14(22)10-26-17(23)12-9-19-7-8-20-12/h7-9H,2-6,10H2,1H3,(H,21,22). The van der Waals surface area contributed by atoms with Crippen LogP contribution < -0.4 is 5.32 Å². The Kier molecular flexibility index (Phi) is 6.12. The van der Waals surface area contributed by atoms with Gasteiger partial charge in [0.25, 0.3) is 5.91 Å². The number of anilines is 1. The third kappa shape index (κ3) is 4.48. The highest BCUT2D eigenvalue weighted by atomic mass is 32.1. The molecule has 0 bridgehead atoms. The molecule has 27 heavy (non-hydrogen) atoms. The summed E-state index contributed by atoms with van der Waals surface area (Å²) in [6.45, 7) is 1.51. The van der Waals surface area contributed by atoms with Crippen molar-refractivity contribution in [2.24, 2.45) is 0 Å². The van der Waals surface area contributed by atoms with Crippen LogP contribution >= 0.6 is 11.3 Å². The molecule has 2 aromatic rings. The molecule has 3 rings (SSSR count). The molecule has 0 atom stereocenters. The molecule has 1 aliphatic rings. The molecule has 0 aromatic carbocycles. The number of nitrogens with one attached hydrogen (secondary N) is 1. The molecule has 1 aliphatic carbocycles. The highest BCUT2D eigenvalue weighted by Crippen LogP contribution is 2.38. The van der Waals surface area contributed by atoms with Gasteiger partial charge < -0.3 is 14.8 Å². The summed E-state index contributed by atoms with van der Waals surface area (Å²) in [4.78, 5) is 45.1. The van der Waals surface area contributed by atoms with E-state index >= 15 is 0 Å². The van der Waals surface area contributed by atoms with Crippen molar-refractivity contribution >= 4 is 34.2 Å². The minimum atomic E-state index is -0.741. The molecule has 142 valence electrons. The number of amides is 1. The number of esters is 2. The lowest BCUT2D eigenvalue weighted by molar-refractivity contribution is -0.119.